The van der Waals surface area contributed by atoms with Crippen molar-refractivity contribution in [3.63, 3.8) is 0 Å². The third-order valence-electron chi connectivity index (χ3n) is 4.28. The lowest BCUT2D eigenvalue weighted by Gasteiger charge is -2.19. The van der Waals surface area contributed by atoms with E-state index in [0.29, 0.717) is 24.5 Å². The van der Waals surface area contributed by atoms with E-state index >= 15 is 0 Å². The van der Waals surface area contributed by atoms with Crippen molar-refractivity contribution in [3.05, 3.63) is 90.0 Å². The third kappa shape index (κ3) is 5.76. The quantitative estimate of drug-likeness (QED) is 0.250. The maximum absolute atomic E-state index is 14.5. The van der Waals surface area contributed by atoms with Gasteiger partial charge in [0.15, 0.2) is 11.6 Å². The van der Waals surface area contributed by atoms with Gasteiger partial charge in [0.2, 0.25) is 0 Å². The molecule has 33 heavy (non-hydrogen) atoms. The highest BCUT2D eigenvalue weighted by Crippen LogP contribution is 2.35. The number of rotatable bonds is 8. The maximum atomic E-state index is 14.5. The van der Waals surface area contributed by atoms with Crippen LogP contribution < -0.4 is 14.2 Å². The molecule has 0 aliphatic heterocycles. The summed E-state index contributed by atoms with van der Waals surface area (Å²) in [5.41, 5.74) is -0.767. The van der Waals surface area contributed by atoms with Gasteiger partial charge >= 0.3 is 18.2 Å². The van der Waals surface area contributed by atoms with Gasteiger partial charge in [-0.05, 0) is 61.0 Å². The van der Waals surface area contributed by atoms with Gasteiger partial charge in [-0.25, -0.2) is 8.78 Å². The molecular weight excluding hydrogens is 457 g/mol. The van der Waals surface area contributed by atoms with Crippen molar-refractivity contribution in [1.29, 1.82) is 0 Å². The summed E-state index contributed by atoms with van der Waals surface area (Å²) in [6.07, 6.45) is -6.56. The Morgan fingerprint density at radius 3 is 2.06 bits per heavy atom. The van der Waals surface area contributed by atoms with Crippen LogP contribution in [-0.2, 0) is 6.11 Å². The van der Waals surface area contributed by atoms with E-state index < -0.39 is 46.9 Å². The summed E-state index contributed by atoms with van der Waals surface area (Å²) >= 11 is 0. The lowest BCUT2D eigenvalue weighted by molar-refractivity contribution is -0.185. The molecule has 0 aliphatic rings. The highest BCUT2D eigenvalue weighted by molar-refractivity contribution is 5.66. The molecule has 0 bridgehead atoms. The zero-order valence-corrected chi connectivity index (χ0v) is 16.9. The summed E-state index contributed by atoms with van der Waals surface area (Å²) in [5, 5.41) is 0. The van der Waals surface area contributed by atoms with Crippen molar-refractivity contribution in [2.45, 2.75) is 13.0 Å². The number of hydrogen-bond donors (Lipinski definition) is 0. The molecule has 0 aliphatic carbocycles. The monoisotopic (exact) mass is 472 g/mol. The first-order valence-electron chi connectivity index (χ1n) is 9.39. The Hall–Kier alpha value is -3.69. The Labute approximate surface area is 183 Å². The summed E-state index contributed by atoms with van der Waals surface area (Å²) in [6.45, 7) is 2.10. The minimum atomic E-state index is -3.78. The summed E-state index contributed by atoms with van der Waals surface area (Å²) in [5.74, 6) is -3.22. The smallest absolute Gasteiger partial charge is 0.426 e. The maximum Gasteiger partial charge on any atom is 0.426 e. The van der Waals surface area contributed by atoms with Crippen molar-refractivity contribution in [3.8, 4) is 28.4 Å². The molecule has 0 N–H and O–H groups in total. The first-order valence-corrected chi connectivity index (χ1v) is 9.39. The standard InChI is InChI=1S/C23H15F7O3/c1-2-31-15-6-4-14(5-7-15)23(29,30)33-16-8-9-17(18(24)12-16)13-3-10-20(19(25)11-13)32-22(28)21(26)27/h3-12H,2H2,1H3. The number of benzene rings is 3. The van der Waals surface area contributed by atoms with Gasteiger partial charge in [0.25, 0.3) is 0 Å². The average Bonchev–Trinajstić information content (AvgIpc) is 2.75. The molecule has 3 aromatic rings. The van der Waals surface area contributed by atoms with Gasteiger partial charge in [-0.1, -0.05) is 6.07 Å². The van der Waals surface area contributed by atoms with Gasteiger partial charge in [-0.2, -0.15) is 22.0 Å². The Balaban J connectivity index is 1.79. The first-order chi connectivity index (χ1) is 15.6. The predicted molar refractivity (Wildman–Crippen MR) is 105 cm³/mol. The fraction of sp³-hybridized carbons (Fsp3) is 0.130. The molecule has 0 aromatic heterocycles. The van der Waals surface area contributed by atoms with Crippen molar-refractivity contribution in [2.75, 3.05) is 6.61 Å². The zero-order valence-electron chi connectivity index (χ0n) is 16.9. The lowest BCUT2D eigenvalue weighted by atomic mass is 10.0. The van der Waals surface area contributed by atoms with Gasteiger partial charge in [0, 0.05) is 11.6 Å². The van der Waals surface area contributed by atoms with Crippen LogP contribution in [0.5, 0.6) is 17.2 Å². The Bertz CT molecular complexity index is 1160. The van der Waals surface area contributed by atoms with Crippen LogP contribution in [0.25, 0.3) is 11.1 Å². The normalized spacial score (nSPS) is 11.2. The van der Waals surface area contributed by atoms with E-state index in [1.807, 2.05) is 0 Å². The van der Waals surface area contributed by atoms with Crippen LogP contribution in [0.3, 0.4) is 0 Å². The van der Waals surface area contributed by atoms with E-state index in [1.54, 1.807) is 6.92 Å². The number of alkyl halides is 2. The Morgan fingerprint density at radius 1 is 0.818 bits per heavy atom. The molecule has 3 aromatic carbocycles. The molecule has 0 radical (unpaired) electrons. The van der Waals surface area contributed by atoms with E-state index in [0.717, 1.165) is 36.4 Å². The van der Waals surface area contributed by atoms with Crippen molar-refractivity contribution >= 4 is 0 Å². The van der Waals surface area contributed by atoms with E-state index in [2.05, 4.69) is 9.47 Å². The van der Waals surface area contributed by atoms with Gasteiger partial charge in [0.1, 0.15) is 17.3 Å². The van der Waals surface area contributed by atoms with Crippen LogP contribution in [0.2, 0.25) is 0 Å². The average molecular weight is 472 g/mol. The highest BCUT2D eigenvalue weighted by atomic mass is 19.3. The zero-order chi connectivity index (χ0) is 24.2. The predicted octanol–water partition coefficient (Wildman–Crippen LogP) is 7.57. The van der Waals surface area contributed by atoms with Crippen LogP contribution in [0, 0.1) is 11.6 Å². The molecule has 0 saturated carbocycles. The van der Waals surface area contributed by atoms with E-state index in [9.17, 15) is 30.7 Å². The summed E-state index contributed by atoms with van der Waals surface area (Å²) in [6, 6.07) is 8.02. The summed E-state index contributed by atoms with van der Waals surface area (Å²) < 4.78 is 108. The third-order valence-corrected chi connectivity index (χ3v) is 4.28. The van der Waals surface area contributed by atoms with Gasteiger partial charge in [-0.15, -0.1) is 0 Å². The van der Waals surface area contributed by atoms with Gasteiger partial charge in [-0.3, -0.25) is 0 Å². The largest absolute Gasteiger partial charge is 0.494 e. The molecule has 0 heterocycles. The lowest BCUT2D eigenvalue weighted by Crippen LogP contribution is -2.21. The molecule has 0 saturated heterocycles. The number of hydrogen-bond acceptors (Lipinski definition) is 3. The van der Waals surface area contributed by atoms with Crippen LogP contribution in [0.1, 0.15) is 12.5 Å². The molecule has 0 unspecified atom stereocenters. The van der Waals surface area contributed by atoms with E-state index in [1.165, 1.54) is 12.1 Å². The highest BCUT2D eigenvalue weighted by Gasteiger charge is 2.34. The van der Waals surface area contributed by atoms with Gasteiger partial charge < -0.3 is 14.2 Å². The molecule has 3 rings (SSSR count). The summed E-state index contributed by atoms with van der Waals surface area (Å²) in [4.78, 5) is 0. The molecule has 174 valence electrons. The molecule has 10 heteroatoms. The number of halogens is 7. The molecule has 3 nitrogen and oxygen atoms in total. The van der Waals surface area contributed by atoms with E-state index in [4.69, 9.17) is 4.74 Å². The Kier molecular flexibility index (Phi) is 7.15. The Morgan fingerprint density at radius 2 is 1.48 bits per heavy atom. The van der Waals surface area contributed by atoms with Crippen molar-refractivity contribution in [2.24, 2.45) is 0 Å². The second kappa shape index (κ2) is 9.85. The van der Waals surface area contributed by atoms with Crippen LogP contribution >= 0.6 is 0 Å². The number of ether oxygens (including phenoxy) is 3. The second-order valence-electron chi connectivity index (χ2n) is 6.50. The topological polar surface area (TPSA) is 27.7 Å². The molecular formula is C23H15F7O3. The van der Waals surface area contributed by atoms with Crippen molar-refractivity contribution in [1.82, 2.24) is 0 Å². The van der Waals surface area contributed by atoms with Gasteiger partial charge in [0.05, 0.1) is 12.2 Å². The second-order valence-corrected chi connectivity index (χ2v) is 6.50. The van der Waals surface area contributed by atoms with Crippen molar-refractivity contribution < 1.29 is 44.9 Å². The first kappa shape index (κ1) is 24.0. The SMILES string of the molecule is CCOc1ccc(C(F)(F)Oc2ccc(-c3ccc(OC(F)=C(F)F)c(F)c3)c(F)c2)cc1. The summed E-state index contributed by atoms with van der Waals surface area (Å²) in [7, 11) is 0. The van der Waals surface area contributed by atoms with Crippen LogP contribution in [-0.4, -0.2) is 6.61 Å². The molecule has 0 atom stereocenters. The molecule has 0 spiro atoms. The minimum absolute atomic E-state index is 0.0766. The molecule has 0 fully saturated rings. The fourth-order valence-electron chi connectivity index (χ4n) is 2.80. The fourth-order valence-corrected chi connectivity index (χ4v) is 2.80. The van der Waals surface area contributed by atoms with E-state index in [-0.39, 0.29) is 11.1 Å². The molecule has 0 amide bonds. The van der Waals surface area contributed by atoms with Crippen LogP contribution in [0.15, 0.2) is 72.8 Å². The minimum Gasteiger partial charge on any atom is -0.494 e. The van der Waals surface area contributed by atoms with Crippen LogP contribution in [0.4, 0.5) is 30.7 Å².